The fraction of sp³-hybridized carbons (Fsp3) is 0.429. The third kappa shape index (κ3) is 6.23. The van der Waals surface area contributed by atoms with Crippen LogP contribution in [0.2, 0.25) is 0 Å². The second-order valence-electron chi connectivity index (χ2n) is 10.7. The van der Waals surface area contributed by atoms with Crippen molar-refractivity contribution in [2.75, 3.05) is 13.2 Å². The molecule has 4 aromatic rings. The molecule has 0 aliphatic carbocycles. The monoisotopic (exact) mass is 648 g/mol. The van der Waals surface area contributed by atoms with E-state index < -0.39 is 84.4 Å². The van der Waals surface area contributed by atoms with Crippen molar-refractivity contribution in [2.45, 2.75) is 59.6 Å². The number of thioether (sulfide) groups is 1. The highest BCUT2D eigenvalue weighted by Gasteiger charge is 2.51. The summed E-state index contributed by atoms with van der Waals surface area (Å²) in [7, 11) is 0. The molecular formula is C28H30F2N6O8S. The van der Waals surface area contributed by atoms with Crippen molar-refractivity contribution in [3.8, 4) is 22.5 Å². The number of hydrogen-bond acceptors (Lipinski definition) is 13. The second-order valence-corrected chi connectivity index (χ2v) is 11.9. The van der Waals surface area contributed by atoms with Crippen LogP contribution in [0.5, 0.6) is 0 Å². The molecule has 4 heterocycles. The van der Waals surface area contributed by atoms with Crippen molar-refractivity contribution in [3.05, 3.63) is 72.6 Å². The van der Waals surface area contributed by atoms with E-state index in [1.807, 2.05) is 0 Å². The maximum atomic E-state index is 13.8. The van der Waals surface area contributed by atoms with Gasteiger partial charge in [-0.15, -0.1) is 10.2 Å². The summed E-state index contributed by atoms with van der Waals surface area (Å²) in [5, 5.41) is 80.8. The molecule has 0 amide bonds. The normalized spacial score (nSPS) is 32.1. The first-order valence-electron chi connectivity index (χ1n) is 13.9. The number of rotatable bonds is 8. The fourth-order valence-electron chi connectivity index (χ4n) is 5.52. The fourth-order valence-corrected chi connectivity index (χ4v) is 6.84. The van der Waals surface area contributed by atoms with Gasteiger partial charge in [-0.1, -0.05) is 46.5 Å². The van der Waals surface area contributed by atoms with Crippen LogP contribution >= 0.6 is 11.8 Å². The molecule has 0 bridgehead atoms. The minimum absolute atomic E-state index is 0.268. The summed E-state index contributed by atoms with van der Waals surface area (Å²) in [6.07, 6.45) is -5.48. The van der Waals surface area contributed by atoms with E-state index in [2.05, 4.69) is 20.6 Å². The summed E-state index contributed by atoms with van der Waals surface area (Å²) < 4.78 is 41.5. The zero-order chi connectivity index (χ0) is 31.8. The molecule has 0 saturated carbocycles. The van der Waals surface area contributed by atoms with Crippen LogP contribution < -0.4 is 0 Å². The molecule has 2 fully saturated rings. The van der Waals surface area contributed by atoms with E-state index in [0.717, 1.165) is 11.8 Å². The molecule has 17 heteroatoms. The number of hydrogen-bond donors (Lipinski definition) is 6. The number of halogens is 2. The molecule has 0 unspecified atom stereocenters. The van der Waals surface area contributed by atoms with Crippen LogP contribution in [-0.2, 0) is 9.47 Å². The summed E-state index contributed by atoms with van der Waals surface area (Å²) in [6.45, 7) is -1.27. The van der Waals surface area contributed by atoms with Gasteiger partial charge in [0, 0.05) is 11.1 Å². The van der Waals surface area contributed by atoms with Crippen LogP contribution in [-0.4, -0.2) is 121 Å². The summed E-state index contributed by atoms with van der Waals surface area (Å²) in [5.74, 6) is -0.978. The van der Waals surface area contributed by atoms with Gasteiger partial charge in [-0.05, 0) is 24.3 Å². The van der Waals surface area contributed by atoms with Crippen molar-refractivity contribution < 1.29 is 48.9 Å². The lowest BCUT2D eigenvalue weighted by atomic mass is 9.97. The zero-order valence-electron chi connectivity index (χ0n) is 23.3. The predicted molar refractivity (Wildman–Crippen MR) is 152 cm³/mol. The predicted octanol–water partition coefficient (Wildman–Crippen LogP) is -0.125. The van der Waals surface area contributed by atoms with Gasteiger partial charge < -0.3 is 40.1 Å². The number of aromatic nitrogens is 6. The number of benzene rings is 2. The lowest BCUT2D eigenvalue weighted by molar-refractivity contribution is -0.189. The van der Waals surface area contributed by atoms with Crippen LogP contribution in [0.15, 0.2) is 60.9 Å². The molecule has 2 aliphatic heterocycles. The van der Waals surface area contributed by atoms with E-state index in [1.54, 1.807) is 12.1 Å². The molecule has 14 nitrogen and oxygen atoms in total. The molecule has 0 radical (unpaired) electrons. The van der Waals surface area contributed by atoms with Crippen LogP contribution in [0.25, 0.3) is 22.5 Å². The lowest BCUT2D eigenvalue weighted by Gasteiger charge is -2.46. The molecule has 2 aromatic carbocycles. The Kier molecular flexibility index (Phi) is 9.23. The van der Waals surface area contributed by atoms with E-state index in [0.29, 0.717) is 11.1 Å². The number of ether oxygens (including phenoxy) is 2. The largest absolute Gasteiger partial charge is 0.394 e. The van der Waals surface area contributed by atoms with Gasteiger partial charge in [0.1, 0.15) is 82.6 Å². The van der Waals surface area contributed by atoms with Gasteiger partial charge in [0.25, 0.3) is 0 Å². The van der Waals surface area contributed by atoms with E-state index in [4.69, 9.17) is 9.47 Å². The van der Waals surface area contributed by atoms with Gasteiger partial charge in [-0.25, -0.2) is 18.1 Å². The van der Waals surface area contributed by atoms with E-state index in [9.17, 15) is 39.4 Å². The van der Waals surface area contributed by atoms with Gasteiger partial charge in [-0.3, -0.25) is 0 Å². The van der Waals surface area contributed by atoms with Crippen LogP contribution in [0, 0.1) is 11.6 Å². The second kappa shape index (κ2) is 13.1. The third-order valence-electron chi connectivity index (χ3n) is 7.84. The molecule has 10 atom stereocenters. The Bertz CT molecular complexity index is 1500. The highest BCUT2D eigenvalue weighted by molar-refractivity contribution is 8.00. The highest BCUT2D eigenvalue weighted by Crippen LogP contribution is 2.42. The van der Waals surface area contributed by atoms with E-state index in [-0.39, 0.29) is 11.4 Å². The first kappa shape index (κ1) is 31.6. The molecule has 2 aliphatic rings. The van der Waals surface area contributed by atoms with Gasteiger partial charge in [0.15, 0.2) is 0 Å². The molecule has 6 N–H and O–H groups in total. The Labute approximate surface area is 258 Å². The minimum Gasteiger partial charge on any atom is -0.394 e. The van der Waals surface area contributed by atoms with Crippen LogP contribution in [0.4, 0.5) is 8.78 Å². The Morgan fingerprint density at radius 3 is 1.47 bits per heavy atom. The smallest absolute Gasteiger partial charge is 0.134 e. The highest BCUT2D eigenvalue weighted by atomic mass is 32.2. The minimum atomic E-state index is -1.51. The summed E-state index contributed by atoms with van der Waals surface area (Å²) in [5.41, 5.74) is -1.10. The maximum Gasteiger partial charge on any atom is 0.134 e. The van der Waals surface area contributed by atoms with Crippen molar-refractivity contribution in [1.29, 1.82) is 0 Å². The Balaban J connectivity index is 1.25. The van der Waals surface area contributed by atoms with Crippen LogP contribution in [0.1, 0.15) is 12.1 Å². The van der Waals surface area contributed by atoms with Crippen LogP contribution in [0.3, 0.4) is 0 Å². The average molecular weight is 649 g/mol. The number of aliphatic hydroxyl groups excluding tert-OH is 6. The van der Waals surface area contributed by atoms with Crippen molar-refractivity contribution in [2.24, 2.45) is 0 Å². The summed E-state index contributed by atoms with van der Waals surface area (Å²) >= 11 is 0.796. The molecule has 45 heavy (non-hydrogen) atoms. The lowest BCUT2D eigenvalue weighted by Crippen LogP contribution is -2.58. The first-order chi connectivity index (χ1) is 21.7. The van der Waals surface area contributed by atoms with Crippen molar-refractivity contribution in [3.63, 3.8) is 0 Å². The Morgan fingerprint density at radius 2 is 1.09 bits per heavy atom. The Hall–Kier alpha value is -3.39. The molecule has 240 valence electrons. The van der Waals surface area contributed by atoms with Gasteiger partial charge >= 0.3 is 0 Å². The molecule has 2 aromatic heterocycles. The number of nitrogens with zero attached hydrogens (tertiary/aromatic N) is 6. The standard InChI is InChI=1S/C28H30F2N6O8S/c29-15-5-1-3-13(7-15)17-9-35(33-31-17)21-23(39)19(11-37)43-27(25(21)41)45-28-26(42)22(24(40)20(12-38)44-28)36-10-18(32-34-36)14-4-2-6-16(30)8-14/h1-10,19-28,37-42H,11-12H2/t19-,20-,21-,22-,23+,24+,25-,26-,27+,28+/m1/s1. The first-order valence-corrected chi connectivity index (χ1v) is 14.9. The number of aliphatic hydroxyl groups is 6. The molecular weight excluding hydrogens is 618 g/mol. The topological polar surface area (TPSA) is 201 Å². The maximum absolute atomic E-state index is 13.8. The molecule has 0 spiro atoms. The zero-order valence-corrected chi connectivity index (χ0v) is 24.1. The van der Waals surface area contributed by atoms with E-state index in [1.165, 1.54) is 58.2 Å². The quantitative estimate of drug-likeness (QED) is 0.148. The van der Waals surface area contributed by atoms with E-state index >= 15 is 0 Å². The van der Waals surface area contributed by atoms with Crippen molar-refractivity contribution >= 4 is 11.8 Å². The third-order valence-corrected chi connectivity index (χ3v) is 9.15. The van der Waals surface area contributed by atoms with Gasteiger partial charge in [-0.2, -0.15) is 0 Å². The summed E-state index contributed by atoms with van der Waals surface area (Å²) in [4.78, 5) is 0. The molecule has 6 rings (SSSR count). The SMILES string of the molecule is OC[C@H]1O[C@@H](S[C@@H]2O[C@H](CO)[C@H](O)[C@@H](n3cc(-c4cccc(F)c4)nn3)[C@H]2O)[C@H](O)[C@H](n2cc(-c3cccc(F)c3)nn2)[C@H]1O. The average Bonchev–Trinajstić information content (AvgIpc) is 3.71. The Morgan fingerprint density at radius 1 is 0.667 bits per heavy atom. The molecule has 2 saturated heterocycles. The van der Waals surface area contributed by atoms with Gasteiger partial charge in [0.05, 0.1) is 25.6 Å². The van der Waals surface area contributed by atoms with Gasteiger partial charge in [0.2, 0.25) is 0 Å². The van der Waals surface area contributed by atoms with Crippen molar-refractivity contribution in [1.82, 2.24) is 30.0 Å². The summed E-state index contributed by atoms with van der Waals surface area (Å²) in [6, 6.07) is 8.88.